The Labute approximate surface area is 115 Å². The molecule has 1 heterocycles. The smallest absolute Gasteiger partial charge is 0.325 e. The van der Waals surface area contributed by atoms with Crippen LogP contribution in [0.5, 0.6) is 0 Å². The number of ether oxygens (including phenoxy) is 1. The molecule has 0 amide bonds. The van der Waals surface area contributed by atoms with Crippen LogP contribution in [0.3, 0.4) is 0 Å². The molecule has 0 saturated carbocycles. The van der Waals surface area contributed by atoms with Crippen molar-refractivity contribution in [3.63, 3.8) is 0 Å². The quantitative estimate of drug-likeness (QED) is 0.829. The van der Waals surface area contributed by atoms with Crippen molar-refractivity contribution in [3.8, 4) is 0 Å². The van der Waals surface area contributed by atoms with Gasteiger partial charge >= 0.3 is 5.97 Å². The van der Waals surface area contributed by atoms with Gasteiger partial charge in [-0.1, -0.05) is 6.92 Å². The molecule has 0 radical (unpaired) electrons. The second kappa shape index (κ2) is 6.19. The van der Waals surface area contributed by atoms with Gasteiger partial charge in [-0.2, -0.15) is 0 Å². The summed E-state index contributed by atoms with van der Waals surface area (Å²) in [5.74, 6) is 0.574. The first-order valence-corrected chi connectivity index (χ1v) is 6.76. The Hall–Kier alpha value is -1.36. The van der Waals surface area contributed by atoms with E-state index in [0.29, 0.717) is 0 Å². The van der Waals surface area contributed by atoms with E-state index in [-0.39, 0.29) is 12.0 Å². The van der Waals surface area contributed by atoms with Gasteiger partial charge in [0.2, 0.25) is 0 Å². The van der Waals surface area contributed by atoms with Gasteiger partial charge in [0, 0.05) is 18.8 Å². The zero-order valence-corrected chi connectivity index (χ0v) is 12.5. The molecule has 108 valence electrons. The average molecular weight is 267 g/mol. The van der Waals surface area contributed by atoms with Gasteiger partial charge in [0.15, 0.2) is 0 Å². The van der Waals surface area contributed by atoms with Gasteiger partial charge in [0.25, 0.3) is 0 Å². The minimum atomic E-state index is -0.691. The molecule has 0 saturated heterocycles. The molecule has 2 unspecified atom stereocenters. The van der Waals surface area contributed by atoms with Gasteiger partial charge < -0.3 is 15.0 Å². The Morgan fingerprint density at radius 2 is 2.16 bits per heavy atom. The summed E-state index contributed by atoms with van der Waals surface area (Å²) in [6.45, 7) is 9.51. The van der Waals surface area contributed by atoms with Gasteiger partial charge in [-0.05, 0) is 34.1 Å². The van der Waals surface area contributed by atoms with Crippen LogP contribution in [0.2, 0.25) is 0 Å². The number of carbonyl (C=O) groups excluding carboxylic acids is 1. The average Bonchev–Trinajstić information content (AvgIpc) is 2.73. The van der Waals surface area contributed by atoms with Crippen molar-refractivity contribution in [2.45, 2.75) is 65.1 Å². The molecule has 2 atom stereocenters. The third kappa shape index (κ3) is 4.35. The molecule has 5 heteroatoms. The van der Waals surface area contributed by atoms with Gasteiger partial charge in [-0.15, -0.1) is 0 Å². The van der Waals surface area contributed by atoms with Crippen molar-refractivity contribution in [1.29, 1.82) is 0 Å². The third-order valence-electron chi connectivity index (χ3n) is 2.86. The molecule has 1 aromatic rings. The van der Waals surface area contributed by atoms with Crippen LogP contribution in [0.1, 0.15) is 52.9 Å². The fourth-order valence-electron chi connectivity index (χ4n) is 1.87. The largest absolute Gasteiger partial charge is 0.459 e. The van der Waals surface area contributed by atoms with Gasteiger partial charge in [0.1, 0.15) is 17.5 Å². The number of rotatable bonds is 5. The summed E-state index contributed by atoms with van der Waals surface area (Å²) in [6, 6.07) is -0.858. The molecule has 19 heavy (non-hydrogen) atoms. The van der Waals surface area contributed by atoms with E-state index in [1.54, 1.807) is 6.20 Å². The predicted molar refractivity (Wildman–Crippen MR) is 74.8 cm³/mol. The van der Waals surface area contributed by atoms with Crippen molar-refractivity contribution in [2.24, 2.45) is 5.73 Å². The third-order valence-corrected chi connectivity index (χ3v) is 2.86. The van der Waals surface area contributed by atoms with E-state index >= 15 is 0 Å². The number of nitrogens with two attached hydrogens (primary N) is 1. The molecule has 0 bridgehead atoms. The first kappa shape index (κ1) is 15.7. The van der Waals surface area contributed by atoms with Crippen LogP contribution >= 0.6 is 0 Å². The topological polar surface area (TPSA) is 70.1 Å². The van der Waals surface area contributed by atoms with Gasteiger partial charge in [-0.3, -0.25) is 4.79 Å². The highest BCUT2D eigenvalue weighted by Gasteiger charge is 2.28. The fraction of sp³-hybridized carbons (Fsp3) is 0.714. The minimum absolute atomic E-state index is 0.168. The minimum Gasteiger partial charge on any atom is -0.459 e. The molecule has 1 aromatic heterocycles. The monoisotopic (exact) mass is 267 g/mol. The number of esters is 1. The Morgan fingerprint density at radius 3 is 2.68 bits per heavy atom. The zero-order valence-electron chi connectivity index (χ0n) is 12.5. The Morgan fingerprint density at radius 1 is 1.53 bits per heavy atom. The number of hydrogen-bond donors (Lipinski definition) is 1. The highest BCUT2D eigenvalue weighted by Crippen LogP contribution is 2.17. The zero-order chi connectivity index (χ0) is 14.6. The maximum Gasteiger partial charge on any atom is 0.325 e. The summed E-state index contributed by atoms with van der Waals surface area (Å²) in [4.78, 5) is 16.3. The number of aryl methyl sites for hydroxylation is 1. The van der Waals surface area contributed by atoms with E-state index < -0.39 is 11.6 Å². The van der Waals surface area contributed by atoms with Crippen molar-refractivity contribution < 1.29 is 9.53 Å². The first-order chi connectivity index (χ1) is 8.76. The summed E-state index contributed by atoms with van der Waals surface area (Å²) >= 11 is 0. The van der Waals surface area contributed by atoms with Crippen molar-refractivity contribution in [1.82, 2.24) is 9.55 Å². The molecule has 2 N–H and O–H groups in total. The Bertz CT molecular complexity index is 421. The second-order valence-corrected chi connectivity index (χ2v) is 5.80. The first-order valence-electron chi connectivity index (χ1n) is 6.76. The lowest BCUT2D eigenvalue weighted by molar-refractivity contribution is -0.157. The highest BCUT2D eigenvalue weighted by molar-refractivity contribution is 5.76. The molecule has 0 aromatic carbocycles. The van der Waals surface area contributed by atoms with Crippen LogP contribution in [-0.4, -0.2) is 27.2 Å². The van der Waals surface area contributed by atoms with Crippen molar-refractivity contribution in [2.75, 3.05) is 0 Å². The second-order valence-electron chi connectivity index (χ2n) is 5.80. The van der Waals surface area contributed by atoms with Crippen LogP contribution < -0.4 is 5.73 Å². The lowest BCUT2D eigenvalue weighted by Crippen LogP contribution is -2.42. The summed E-state index contributed by atoms with van der Waals surface area (Å²) in [5.41, 5.74) is 5.48. The van der Waals surface area contributed by atoms with Crippen LogP contribution in [-0.2, 0) is 16.0 Å². The number of carbonyl (C=O) groups is 1. The number of nitrogens with zero attached hydrogens (tertiary/aromatic N) is 2. The number of imidazole rings is 1. The summed E-state index contributed by atoms with van der Waals surface area (Å²) in [5, 5.41) is 0. The Kier molecular flexibility index (Phi) is 5.11. The molecule has 5 nitrogen and oxygen atoms in total. The standard InChI is InChI=1S/C14H25N3O2/c1-6-7-11-16-8-9-17(11)10(2)12(15)13(18)19-14(3,4)5/h8-10,12H,6-7,15H2,1-5H3. The fourth-order valence-corrected chi connectivity index (χ4v) is 1.87. The van der Waals surface area contributed by atoms with Gasteiger partial charge in [0.05, 0.1) is 6.04 Å². The molecule has 0 spiro atoms. The molecular formula is C14H25N3O2. The summed E-state index contributed by atoms with van der Waals surface area (Å²) in [6.07, 6.45) is 5.48. The molecule has 0 aliphatic carbocycles. The van der Waals surface area contributed by atoms with Gasteiger partial charge in [-0.25, -0.2) is 4.98 Å². The SMILES string of the molecule is CCCc1nccn1C(C)C(N)C(=O)OC(C)(C)C. The Balaban J connectivity index is 2.78. The van der Waals surface area contributed by atoms with Crippen molar-refractivity contribution >= 4 is 5.97 Å². The van der Waals surface area contributed by atoms with E-state index in [9.17, 15) is 4.79 Å². The van der Waals surface area contributed by atoms with E-state index in [1.165, 1.54) is 0 Å². The number of aromatic nitrogens is 2. The highest BCUT2D eigenvalue weighted by atomic mass is 16.6. The van der Waals surface area contributed by atoms with E-state index in [2.05, 4.69) is 11.9 Å². The predicted octanol–water partition coefficient (Wildman–Crippen LogP) is 2.07. The lowest BCUT2D eigenvalue weighted by Gasteiger charge is -2.26. The van der Waals surface area contributed by atoms with Crippen LogP contribution in [0.4, 0.5) is 0 Å². The molecule has 1 rings (SSSR count). The maximum absolute atomic E-state index is 12.0. The van der Waals surface area contributed by atoms with Crippen LogP contribution in [0, 0.1) is 0 Å². The van der Waals surface area contributed by atoms with E-state index in [0.717, 1.165) is 18.7 Å². The van der Waals surface area contributed by atoms with E-state index in [1.807, 2.05) is 38.5 Å². The summed E-state index contributed by atoms with van der Waals surface area (Å²) < 4.78 is 7.28. The van der Waals surface area contributed by atoms with Crippen molar-refractivity contribution in [3.05, 3.63) is 18.2 Å². The molecule has 0 aliphatic rings. The van der Waals surface area contributed by atoms with Crippen LogP contribution in [0.25, 0.3) is 0 Å². The molecular weight excluding hydrogens is 242 g/mol. The number of hydrogen-bond acceptors (Lipinski definition) is 4. The van der Waals surface area contributed by atoms with Crippen LogP contribution in [0.15, 0.2) is 12.4 Å². The molecule has 0 fully saturated rings. The normalized spacial score (nSPS) is 15.1. The maximum atomic E-state index is 12.0. The van der Waals surface area contributed by atoms with E-state index in [4.69, 9.17) is 10.5 Å². The lowest BCUT2D eigenvalue weighted by atomic mass is 10.1. The molecule has 0 aliphatic heterocycles. The summed E-state index contributed by atoms with van der Waals surface area (Å²) in [7, 11) is 0.